The topological polar surface area (TPSA) is 51.8 Å². The first kappa shape index (κ1) is 34.6. The van der Waals surface area contributed by atoms with Gasteiger partial charge in [0.05, 0.1) is 11.0 Å². The van der Waals surface area contributed by atoms with Gasteiger partial charge in [0.25, 0.3) is 0 Å². The van der Waals surface area contributed by atoms with Gasteiger partial charge in [0, 0.05) is 21.9 Å². The lowest BCUT2D eigenvalue weighted by Gasteiger charge is -2.32. The van der Waals surface area contributed by atoms with Crippen molar-refractivity contribution < 1.29 is 4.42 Å². The Labute approximate surface area is 358 Å². The normalized spacial score (nSPS) is 13.0. The van der Waals surface area contributed by atoms with Crippen LogP contribution < -0.4 is 0 Å². The van der Waals surface area contributed by atoms with Crippen LogP contribution in [0.2, 0.25) is 0 Å². The molecule has 288 valence electrons. The third-order valence-electron chi connectivity index (χ3n) is 13.0. The molecular formula is C58H35N3O. The van der Waals surface area contributed by atoms with Crippen molar-refractivity contribution >= 4 is 21.9 Å². The number of fused-ring (bicyclic) bond motifs is 13. The fourth-order valence-corrected chi connectivity index (χ4v) is 10.4. The largest absolute Gasteiger partial charge is 0.455 e. The highest BCUT2D eigenvalue weighted by Crippen LogP contribution is 2.64. The van der Waals surface area contributed by atoms with E-state index < -0.39 is 5.41 Å². The molecular weight excluding hydrogens is 755 g/mol. The number of hydrogen-bond donors (Lipinski definition) is 0. The van der Waals surface area contributed by atoms with Crippen LogP contribution in [0.4, 0.5) is 0 Å². The first-order valence-corrected chi connectivity index (χ1v) is 21.1. The molecule has 0 N–H and O–H groups in total. The van der Waals surface area contributed by atoms with E-state index in [-0.39, 0.29) is 0 Å². The molecule has 13 rings (SSSR count). The Kier molecular flexibility index (Phi) is 7.49. The van der Waals surface area contributed by atoms with E-state index in [1.54, 1.807) is 0 Å². The number of nitrogens with zero attached hydrogens (tertiary/aromatic N) is 3. The van der Waals surface area contributed by atoms with E-state index in [0.717, 1.165) is 55.3 Å². The van der Waals surface area contributed by atoms with Gasteiger partial charge in [-0.2, -0.15) is 0 Å². The van der Waals surface area contributed by atoms with Gasteiger partial charge in [-0.3, -0.25) is 0 Å². The van der Waals surface area contributed by atoms with E-state index >= 15 is 0 Å². The Morgan fingerprint density at radius 2 is 0.758 bits per heavy atom. The Hall–Kier alpha value is -8.21. The van der Waals surface area contributed by atoms with E-state index in [0.29, 0.717) is 17.5 Å². The van der Waals surface area contributed by atoms with Crippen LogP contribution in [0.15, 0.2) is 217 Å². The standard InChI is InChI=1S/C58H35N3O/c1-2-17-36(18-3-1)55-59-56(61-57(60-55)48-30-16-29-46-44-25-9-13-34-52(44)62-54(46)48)47-26-5-4-21-39(47)37-19-14-20-38(35-37)40-27-15-28-45-43-24-8-12-33-51(43)58(53(40)45)49-31-10-6-22-41(49)42-23-7-11-32-50(42)58/h1-35H. The van der Waals surface area contributed by atoms with Crippen molar-refractivity contribution in [1.29, 1.82) is 0 Å². The number of benzene rings is 9. The van der Waals surface area contributed by atoms with Crippen LogP contribution in [0.5, 0.6) is 0 Å². The molecule has 1 spiro atoms. The average molecular weight is 790 g/mol. The minimum atomic E-state index is -0.457. The summed E-state index contributed by atoms with van der Waals surface area (Å²) in [6, 6.07) is 75.7. The molecule has 0 saturated carbocycles. The highest BCUT2D eigenvalue weighted by Gasteiger charge is 2.52. The zero-order valence-corrected chi connectivity index (χ0v) is 33.5. The molecule has 4 nitrogen and oxygen atoms in total. The van der Waals surface area contributed by atoms with Crippen molar-refractivity contribution in [3.63, 3.8) is 0 Å². The van der Waals surface area contributed by atoms with Gasteiger partial charge in [-0.25, -0.2) is 15.0 Å². The lowest BCUT2D eigenvalue weighted by atomic mass is 9.68. The lowest BCUT2D eigenvalue weighted by Crippen LogP contribution is -2.26. The van der Waals surface area contributed by atoms with Crippen molar-refractivity contribution in [2.45, 2.75) is 5.41 Å². The first-order valence-electron chi connectivity index (χ1n) is 21.1. The molecule has 0 bridgehead atoms. The molecule has 2 aliphatic rings. The summed E-state index contributed by atoms with van der Waals surface area (Å²) in [6.45, 7) is 0. The number of para-hydroxylation sites is 2. The summed E-state index contributed by atoms with van der Waals surface area (Å²) in [5.74, 6) is 1.75. The van der Waals surface area contributed by atoms with Gasteiger partial charge in [0.2, 0.25) is 0 Å². The van der Waals surface area contributed by atoms with Crippen molar-refractivity contribution in [3.8, 4) is 78.7 Å². The van der Waals surface area contributed by atoms with Gasteiger partial charge in [-0.05, 0) is 85.0 Å². The molecule has 0 saturated heterocycles. The van der Waals surface area contributed by atoms with E-state index in [1.165, 1.54) is 50.1 Å². The Morgan fingerprint density at radius 1 is 0.306 bits per heavy atom. The molecule has 2 aromatic heterocycles. The zero-order chi connectivity index (χ0) is 40.8. The Morgan fingerprint density at radius 3 is 1.48 bits per heavy atom. The predicted molar refractivity (Wildman–Crippen MR) is 251 cm³/mol. The molecule has 0 aliphatic heterocycles. The summed E-state index contributed by atoms with van der Waals surface area (Å²) >= 11 is 0. The van der Waals surface area contributed by atoms with Gasteiger partial charge in [0.15, 0.2) is 17.5 Å². The summed E-state index contributed by atoms with van der Waals surface area (Å²) in [4.78, 5) is 15.6. The van der Waals surface area contributed by atoms with Crippen molar-refractivity contribution in [3.05, 3.63) is 235 Å². The van der Waals surface area contributed by atoms with E-state index in [1.807, 2.05) is 54.6 Å². The fraction of sp³-hybridized carbons (Fsp3) is 0.0172. The van der Waals surface area contributed by atoms with Gasteiger partial charge in [-0.1, -0.05) is 194 Å². The number of hydrogen-bond acceptors (Lipinski definition) is 4. The molecule has 0 amide bonds. The Balaban J connectivity index is 1.00. The van der Waals surface area contributed by atoms with Gasteiger partial charge < -0.3 is 4.42 Å². The van der Waals surface area contributed by atoms with E-state index in [2.05, 4.69) is 158 Å². The molecule has 0 atom stereocenters. The molecule has 4 heteroatoms. The SMILES string of the molecule is c1ccc(-c2nc(-c3ccccc3-c3cccc(-c4cccc5c4C4(c6ccccc6-c6ccccc64)c4ccccc4-5)c3)nc(-c3cccc4c3oc3ccccc34)n2)cc1. The highest BCUT2D eigenvalue weighted by molar-refractivity contribution is 6.09. The molecule has 9 aromatic carbocycles. The molecule has 0 fully saturated rings. The fourth-order valence-electron chi connectivity index (χ4n) is 10.4. The predicted octanol–water partition coefficient (Wildman–Crippen LogP) is 14.4. The van der Waals surface area contributed by atoms with Gasteiger partial charge in [0.1, 0.15) is 11.2 Å². The summed E-state index contributed by atoms with van der Waals surface area (Å²) in [6.07, 6.45) is 0. The lowest BCUT2D eigenvalue weighted by molar-refractivity contribution is 0.669. The maximum absolute atomic E-state index is 6.50. The van der Waals surface area contributed by atoms with Gasteiger partial charge >= 0.3 is 0 Å². The van der Waals surface area contributed by atoms with Crippen LogP contribution in [0, 0.1) is 0 Å². The third-order valence-corrected chi connectivity index (χ3v) is 13.0. The van der Waals surface area contributed by atoms with Crippen LogP contribution in [0.3, 0.4) is 0 Å². The molecule has 0 unspecified atom stereocenters. The smallest absolute Gasteiger partial charge is 0.167 e. The van der Waals surface area contributed by atoms with Crippen LogP contribution in [0.25, 0.3) is 101 Å². The zero-order valence-electron chi connectivity index (χ0n) is 33.5. The van der Waals surface area contributed by atoms with Gasteiger partial charge in [-0.15, -0.1) is 0 Å². The average Bonchev–Trinajstić information content (AvgIpc) is 3.99. The summed E-state index contributed by atoms with van der Waals surface area (Å²) in [7, 11) is 0. The maximum Gasteiger partial charge on any atom is 0.167 e. The quantitative estimate of drug-likeness (QED) is 0.174. The minimum Gasteiger partial charge on any atom is -0.455 e. The summed E-state index contributed by atoms with van der Waals surface area (Å²) < 4.78 is 6.50. The maximum atomic E-state index is 6.50. The van der Waals surface area contributed by atoms with E-state index in [4.69, 9.17) is 19.4 Å². The summed E-state index contributed by atoms with van der Waals surface area (Å²) in [5, 5.41) is 2.09. The number of furan rings is 1. The number of rotatable bonds is 5. The molecule has 2 heterocycles. The minimum absolute atomic E-state index is 0.457. The van der Waals surface area contributed by atoms with Crippen LogP contribution in [-0.4, -0.2) is 15.0 Å². The first-order chi connectivity index (χ1) is 30.8. The van der Waals surface area contributed by atoms with Crippen molar-refractivity contribution in [2.24, 2.45) is 0 Å². The third kappa shape index (κ3) is 4.92. The monoisotopic (exact) mass is 789 g/mol. The second-order valence-corrected chi connectivity index (χ2v) is 16.2. The Bertz CT molecular complexity index is 3540. The van der Waals surface area contributed by atoms with Crippen LogP contribution in [-0.2, 0) is 5.41 Å². The molecule has 0 radical (unpaired) electrons. The second-order valence-electron chi connectivity index (χ2n) is 16.2. The molecule has 62 heavy (non-hydrogen) atoms. The molecule has 11 aromatic rings. The van der Waals surface area contributed by atoms with E-state index in [9.17, 15) is 0 Å². The van der Waals surface area contributed by atoms with Crippen molar-refractivity contribution in [2.75, 3.05) is 0 Å². The van der Waals surface area contributed by atoms with Crippen LogP contribution >= 0.6 is 0 Å². The highest BCUT2D eigenvalue weighted by atomic mass is 16.3. The summed E-state index contributed by atoms with van der Waals surface area (Å²) in [5.41, 5.74) is 18.8. The molecule has 2 aliphatic carbocycles. The van der Waals surface area contributed by atoms with Crippen molar-refractivity contribution in [1.82, 2.24) is 15.0 Å². The second kappa shape index (κ2) is 13.4. The number of aromatic nitrogens is 3. The van der Waals surface area contributed by atoms with Crippen LogP contribution in [0.1, 0.15) is 22.3 Å².